The normalized spacial score (nSPS) is 21.7. The molecule has 0 radical (unpaired) electrons. The molecule has 1 aromatic carbocycles. The quantitative estimate of drug-likeness (QED) is 0.823. The topological polar surface area (TPSA) is 58.2 Å². The number of nitrogens with one attached hydrogen (secondary N) is 2. The number of hydrogen-bond donors (Lipinski definition) is 2. The van der Waals surface area contributed by atoms with Gasteiger partial charge in [0.25, 0.3) is 0 Å². The van der Waals surface area contributed by atoms with Gasteiger partial charge in [-0.05, 0) is 43.4 Å². The summed E-state index contributed by atoms with van der Waals surface area (Å²) in [5, 5.41) is 5.24. The van der Waals surface area contributed by atoms with Gasteiger partial charge in [-0.25, -0.2) is 4.39 Å². The molecule has 114 valence electrons. The summed E-state index contributed by atoms with van der Waals surface area (Å²) in [7, 11) is 0. The number of carbonyl (C=O) groups excluding carboxylic acids is 2. The van der Waals surface area contributed by atoms with E-state index in [1.54, 1.807) is 13.0 Å². The SMILES string of the molecule is Cc1ccc(F)cc1NC(=O)C(=O)N[C@@H]1CCCC[C@H]1C. The summed E-state index contributed by atoms with van der Waals surface area (Å²) in [4.78, 5) is 23.9. The highest BCUT2D eigenvalue weighted by atomic mass is 19.1. The first-order valence-electron chi connectivity index (χ1n) is 7.35. The fourth-order valence-corrected chi connectivity index (χ4v) is 2.67. The minimum Gasteiger partial charge on any atom is -0.345 e. The van der Waals surface area contributed by atoms with Crippen LogP contribution in [-0.2, 0) is 9.59 Å². The lowest BCUT2D eigenvalue weighted by Crippen LogP contribution is -2.45. The van der Waals surface area contributed by atoms with E-state index in [1.807, 2.05) is 0 Å². The van der Waals surface area contributed by atoms with Crippen LogP contribution in [0.1, 0.15) is 38.2 Å². The Morgan fingerprint density at radius 3 is 2.62 bits per heavy atom. The number of rotatable bonds is 2. The molecule has 0 spiro atoms. The Bertz CT molecular complexity index is 545. The first kappa shape index (κ1) is 15.5. The van der Waals surface area contributed by atoms with Gasteiger partial charge in [-0.1, -0.05) is 25.8 Å². The zero-order valence-corrected chi connectivity index (χ0v) is 12.4. The molecule has 5 heteroatoms. The second kappa shape index (κ2) is 6.70. The van der Waals surface area contributed by atoms with Crippen molar-refractivity contribution in [2.45, 2.75) is 45.6 Å². The third kappa shape index (κ3) is 4.03. The largest absolute Gasteiger partial charge is 0.345 e. The van der Waals surface area contributed by atoms with E-state index in [0.717, 1.165) is 19.3 Å². The lowest BCUT2D eigenvalue weighted by Gasteiger charge is -2.29. The van der Waals surface area contributed by atoms with E-state index in [9.17, 15) is 14.0 Å². The highest BCUT2D eigenvalue weighted by molar-refractivity contribution is 6.39. The molecular formula is C16H21FN2O2. The molecule has 0 unspecified atom stereocenters. The number of anilines is 1. The molecule has 2 amide bonds. The van der Waals surface area contributed by atoms with Crippen LogP contribution in [0.4, 0.5) is 10.1 Å². The van der Waals surface area contributed by atoms with Gasteiger partial charge in [-0.15, -0.1) is 0 Å². The van der Waals surface area contributed by atoms with Crippen LogP contribution < -0.4 is 10.6 Å². The van der Waals surface area contributed by atoms with Crippen LogP contribution in [0.15, 0.2) is 18.2 Å². The van der Waals surface area contributed by atoms with Crippen LogP contribution in [0.25, 0.3) is 0 Å². The van der Waals surface area contributed by atoms with E-state index >= 15 is 0 Å². The third-order valence-corrected chi connectivity index (χ3v) is 4.08. The lowest BCUT2D eigenvalue weighted by atomic mass is 9.86. The van der Waals surface area contributed by atoms with Gasteiger partial charge in [0.2, 0.25) is 0 Å². The average Bonchev–Trinajstić information content (AvgIpc) is 2.45. The van der Waals surface area contributed by atoms with Crippen LogP contribution in [0.5, 0.6) is 0 Å². The van der Waals surface area contributed by atoms with Gasteiger partial charge < -0.3 is 10.6 Å². The van der Waals surface area contributed by atoms with E-state index in [1.165, 1.54) is 18.6 Å². The Morgan fingerprint density at radius 2 is 1.90 bits per heavy atom. The lowest BCUT2D eigenvalue weighted by molar-refractivity contribution is -0.137. The molecule has 0 bridgehead atoms. The molecule has 0 saturated heterocycles. The predicted molar refractivity (Wildman–Crippen MR) is 79.3 cm³/mol. The molecule has 1 aliphatic rings. The molecule has 1 aromatic rings. The van der Waals surface area contributed by atoms with Crippen molar-refractivity contribution in [2.75, 3.05) is 5.32 Å². The summed E-state index contributed by atoms with van der Waals surface area (Å²) < 4.78 is 13.2. The summed E-state index contributed by atoms with van der Waals surface area (Å²) >= 11 is 0. The number of benzene rings is 1. The van der Waals surface area contributed by atoms with Crippen LogP contribution in [0.2, 0.25) is 0 Å². The van der Waals surface area contributed by atoms with Crippen LogP contribution in [0.3, 0.4) is 0 Å². The summed E-state index contributed by atoms with van der Waals surface area (Å²) in [5.41, 5.74) is 1.04. The first-order chi connectivity index (χ1) is 9.97. The molecule has 0 aliphatic heterocycles. The van der Waals surface area contributed by atoms with Crippen LogP contribution in [0, 0.1) is 18.7 Å². The Labute approximate surface area is 124 Å². The van der Waals surface area contributed by atoms with Crippen molar-refractivity contribution in [3.05, 3.63) is 29.6 Å². The fourth-order valence-electron chi connectivity index (χ4n) is 2.67. The zero-order valence-electron chi connectivity index (χ0n) is 12.4. The van der Waals surface area contributed by atoms with Gasteiger partial charge in [0.05, 0.1) is 0 Å². The second-order valence-corrected chi connectivity index (χ2v) is 5.76. The summed E-state index contributed by atoms with van der Waals surface area (Å²) in [6.07, 6.45) is 4.21. The number of amides is 2. The van der Waals surface area contributed by atoms with E-state index < -0.39 is 17.6 Å². The Hall–Kier alpha value is -1.91. The number of hydrogen-bond acceptors (Lipinski definition) is 2. The molecule has 2 N–H and O–H groups in total. The van der Waals surface area contributed by atoms with Crippen molar-refractivity contribution >= 4 is 17.5 Å². The van der Waals surface area contributed by atoms with Gasteiger partial charge in [-0.3, -0.25) is 9.59 Å². The molecule has 2 atom stereocenters. The highest BCUT2D eigenvalue weighted by Gasteiger charge is 2.25. The zero-order chi connectivity index (χ0) is 15.4. The molecule has 1 fully saturated rings. The molecule has 4 nitrogen and oxygen atoms in total. The Morgan fingerprint density at radius 1 is 1.19 bits per heavy atom. The van der Waals surface area contributed by atoms with Gasteiger partial charge in [0.1, 0.15) is 5.82 Å². The van der Waals surface area contributed by atoms with Crippen molar-refractivity contribution in [3.8, 4) is 0 Å². The molecule has 0 aromatic heterocycles. The maximum Gasteiger partial charge on any atom is 0.313 e. The molecule has 2 rings (SSSR count). The maximum absolute atomic E-state index is 13.2. The molecule has 1 saturated carbocycles. The summed E-state index contributed by atoms with van der Waals surface area (Å²) in [6.45, 7) is 3.83. The highest BCUT2D eigenvalue weighted by Crippen LogP contribution is 2.23. The van der Waals surface area contributed by atoms with Crippen LogP contribution >= 0.6 is 0 Å². The number of aryl methyl sites for hydroxylation is 1. The van der Waals surface area contributed by atoms with Crippen molar-refractivity contribution in [1.29, 1.82) is 0 Å². The van der Waals surface area contributed by atoms with Gasteiger partial charge in [-0.2, -0.15) is 0 Å². The third-order valence-electron chi connectivity index (χ3n) is 4.08. The second-order valence-electron chi connectivity index (χ2n) is 5.76. The summed E-state index contributed by atoms with van der Waals surface area (Å²) in [5.74, 6) is -1.47. The minimum atomic E-state index is -0.749. The van der Waals surface area contributed by atoms with E-state index in [2.05, 4.69) is 17.6 Å². The maximum atomic E-state index is 13.2. The first-order valence-corrected chi connectivity index (χ1v) is 7.35. The standard InChI is InChI=1S/C16H21FN2O2/c1-10-5-3-4-6-13(10)18-15(20)16(21)19-14-9-12(17)8-7-11(14)2/h7-10,13H,3-6H2,1-2H3,(H,18,20)(H,19,21)/t10-,13-/m1/s1. The van der Waals surface area contributed by atoms with Crippen LogP contribution in [-0.4, -0.2) is 17.9 Å². The predicted octanol–water partition coefficient (Wildman–Crippen LogP) is 2.77. The summed E-state index contributed by atoms with van der Waals surface area (Å²) in [6, 6.07) is 4.13. The average molecular weight is 292 g/mol. The monoisotopic (exact) mass is 292 g/mol. The fraction of sp³-hybridized carbons (Fsp3) is 0.500. The van der Waals surface area contributed by atoms with E-state index in [-0.39, 0.29) is 6.04 Å². The number of carbonyl (C=O) groups is 2. The Kier molecular flexibility index (Phi) is 4.94. The van der Waals surface area contributed by atoms with Crippen molar-refractivity contribution in [2.24, 2.45) is 5.92 Å². The molecule has 1 aliphatic carbocycles. The smallest absolute Gasteiger partial charge is 0.313 e. The van der Waals surface area contributed by atoms with Gasteiger partial charge in [0, 0.05) is 11.7 Å². The van der Waals surface area contributed by atoms with Crippen molar-refractivity contribution in [1.82, 2.24) is 5.32 Å². The number of halogens is 1. The van der Waals surface area contributed by atoms with Gasteiger partial charge >= 0.3 is 11.8 Å². The molecular weight excluding hydrogens is 271 g/mol. The van der Waals surface area contributed by atoms with Crippen molar-refractivity contribution < 1.29 is 14.0 Å². The van der Waals surface area contributed by atoms with E-state index in [4.69, 9.17) is 0 Å². The minimum absolute atomic E-state index is 0.0469. The molecule has 21 heavy (non-hydrogen) atoms. The van der Waals surface area contributed by atoms with Crippen molar-refractivity contribution in [3.63, 3.8) is 0 Å². The van der Waals surface area contributed by atoms with E-state index in [0.29, 0.717) is 17.2 Å². The van der Waals surface area contributed by atoms with Gasteiger partial charge in [0.15, 0.2) is 0 Å². The Balaban J connectivity index is 1.96. The molecule has 0 heterocycles.